The van der Waals surface area contributed by atoms with Gasteiger partial charge < -0.3 is 10.1 Å². The van der Waals surface area contributed by atoms with Crippen LogP contribution in [0.25, 0.3) is 0 Å². The normalized spacial score (nSPS) is 15.6. The maximum absolute atomic E-state index is 14.0. The number of unbranched alkanes of at least 4 members (excludes halogenated alkanes) is 5. The van der Waals surface area contributed by atoms with Crippen LogP contribution in [0.3, 0.4) is 0 Å². The Morgan fingerprint density at radius 1 is 1.00 bits per heavy atom. The van der Waals surface area contributed by atoms with E-state index in [9.17, 15) is 22.8 Å². The number of nitrogens with one attached hydrogen (secondary N) is 1. The van der Waals surface area contributed by atoms with Crippen LogP contribution in [0.2, 0.25) is 0 Å². The molecule has 0 bridgehead atoms. The molecule has 1 unspecified atom stereocenters. The van der Waals surface area contributed by atoms with Gasteiger partial charge in [-0.05, 0) is 37.3 Å². The van der Waals surface area contributed by atoms with Gasteiger partial charge in [0.2, 0.25) is 0 Å². The summed E-state index contributed by atoms with van der Waals surface area (Å²) in [5.74, 6) is -6.25. The van der Waals surface area contributed by atoms with Crippen LogP contribution < -0.4 is 5.32 Å². The molecule has 1 aliphatic rings. The Morgan fingerprint density at radius 2 is 1.67 bits per heavy atom. The highest BCUT2D eigenvalue weighted by molar-refractivity contribution is 5.97. The van der Waals surface area contributed by atoms with E-state index in [4.69, 9.17) is 4.74 Å². The molecular weight excluding hydrogens is 395 g/mol. The van der Waals surface area contributed by atoms with E-state index < -0.39 is 40.9 Å². The van der Waals surface area contributed by atoms with Crippen molar-refractivity contribution in [2.75, 3.05) is 6.61 Å². The average Bonchev–Trinajstić information content (AvgIpc) is 2.75. The Balaban J connectivity index is 1.98. The fraction of sp³-hybridized carbons (Fsp3) is 0.652. The van der Waals surface area contributed by atoms with E-state index in [1.165, 1.54) is 6.42 Å². The molecule has 1 aliphatic carbocycles. The van der Waals surface area contributed by atoms with Gasteiger partial charge in [0.25, 0.3) is 5.91 Å². The van der Waals surface area contributed by atoms with E-state index in [0.717, 1.165) is 70.3 Å². The van der Waals surface area contributed by atoms with Gasteiger partial charge >= 0.3 is 5.97 Å². The third-order valence-electron chi connectivity index (χ3n) is 5.68. The number of rotatable bonds is 11. The summed E-state index contributed by atoms with van der Waals surface area (Å²) in [7, 11) is 0. The van der Waals surface area contributed by atoms with Crippen molar-refractivity contribution in [1.82, 2.24) is 5.32 Å². The predicted octanol–water partition coefficient (Wildman–Crippen LogP) is 5.69. The Labute approximate surface area is 176 Å². The number of amides is 1. The number of carbonyl (C=O) groups is 2. The lowest BCUT2D eigenvalue weighted by Gasteiger charge is -2.29. The summed E-state index contributed by atoms with van der Waals surface area (Å²) in [6.45, 7) is 2.41. The standard InChI is InChI=1S/C23H32F3NO3/c1-2-3-4-5-6-10-15-30-23(29)21(16-11-8-7-9-12-16)27-22(28)17-13-14-18(24)20(26)19(17)25/h13-14,16,21H,2-12,15H2,1H3,(H,27,28). The van der Waals surface area contributed by atoms with Gasteiger partial charge in [-0.25, -0.2) is 18.0 Å². The molecule has 0 spiro atoms. The van der Waals surface area contributed by atoms with E-state index in [1.807, 2.05) is 0 Å². The van der Waals surface area contributed by atoms with Crippen LogP contribution in [-0.2, 0) is 9.53 Å². The second-order valence-electron chi connectivity index (χ2n) is 8.01. The first-order chi connectivity index (χ1) is 14.5. The van der Waals surface area contributed by atoms with Gasteiger partial charge in [-0.15, -0.1) is 0 Å². The van der Waals surface area contributed by atoms with Crippen molar-refractivity contribution < 1.29 is 27.5 Å². The molecule has 1 amide bonds. The second kappa shape index (κ2) is 12.6. The van der Waals surface area contributed by atoms with Crippen molar-refractivity contribution in [1.29, 1.82) is 0 Å². The van der Waals surface area contributed by atoms with Crippen LogP contribution in [0.5, 0.6) is 0 Å². The van der Waals surface area contributed by atoms with Crippen LogP contribution in [0, 0.1) is 23.4 Å². The Hall–Kier alpha value is -2.05. The van der Waals surface area contributed by atoms with Crippen molar-refractivity contribution in [3.8, 4) is 0 Å². The molecule has 1 atom stereocenters. The first kappa shape index (κ1) is 24.2. The molecule has 0 saturated heterocycles. The molecule has 2 rings (SSSR count). The number of hydrogen-bond acceptors (Lipinski definition) is 3. The molecule has 1 aromatic carbocycles. The van der Waals surface area contributed by atoms with Crippen molar-refractivity contribution in [2.24, 2.45) is 5.92 Å². The second-order valence-corrected chi connectivity index (χ2v) is 8.01. The maximum Gasteiger partial charge on any atom is 0.328 e. The molecule has 7 heteroatoms. The van der Waals surface area contributed by atoms with E-state index in [1.54, 1.807) is 0 Å². The van der Waals surface area contributed by atoms with E-state index >= 15 is 0 Å². The molecule has 1 saturated carbocycles. The van der Waals surface area contributed by atoms with E-state index in [2.05, 4.69) is 12.2 Å². The van der Waals surface area contributed by atoms with E-state index in [0.29, 0.717) is 6.07 Å². The van der Waals surface area contributed by atoms with Gasteiger partial charge in [0.1, 0.15) is 6.04 Å². The number of carbonyl (C=O) groups excluding carboxylic acids is 2. The molecule has 30 heavy (non-hydrogen) atoms. The lowest BCUT2D eigenvalue weighted by molar-refractivity contribution is -0.148. The summed E-state index contributed by atoms with van der Waals surface area (Å²) in [5, 5.41) is 2.52. The van der Waals surface area contributed by atoms with Crippen molar-refractivity contribution >= 4 is 11.9 Å². The predicted molar refractivity (Wildman–Crippen MR) is 108 cm³/mol. The first-order valence-corrected chi connectivity index (χ1v) is 11.1. The summed E-state index contributed by atoms with van der Waals surface area (Å²) in [6, 6.07) is 0.646. The maximum atomic E-state index is 14.0. The minimum absolute atomic E-state index is 0.117. The smallest absolute Gasteiger partial charge is 0.328 e. The molecule has 4 nitrogen and oxygen atoms in total. The summed E-state index contributed by atoms with van der Waals surface area (Å²) in [6.07, 6.45) is 10.7. The van der Waals surface area contributed by atoms with Crippen molar-refractivity contribution in [3.63, 3.8) is 0 Å². The topological polar surface area (TPSA) is 55.4 Å². The molecule has 1 aromatic rings. The zero-order valence-corrected chi connectivity index (χ0v) is 17.7. The molecular formula is C23H32F3NO3. The highest BCUT2D eigenvalue weighted by Gasteiger charge is 2.33. The van der Waals surface area contributed by atoms with Crippen molar-refractivity contribution in [2.45, 2.75) is 83.6 Å². The van der Waals surface area contributed by atoms with Crippen LogP contribution >= 0.6 is 0 Å². The number of ether oxygens (including phenoxy) is 1. The number of hydrogen-bond donors (Lipinski definition) is 1. The average molecular weight is 428 g/mol. The molecule has 0 heterocycles. The van der Waals surface area contributed by atoms with Gasteiger partial charge in [0.05, 0.1) is 12.2 Å². The number of benzene rings is 1. The summed E-state index contributed by atoms with van der Waals surface area (Å²) < 4.78 is 46.0. The van der Waals surface area contributed by atoms with Crippen LogP contribution in [0.1, 0.15) is 87.9 Å². The molecule has 0 aromatic heterocycles. The molecule has 0 radical (unpaired) electrons. The lowest BCUT2D eigenvalue weighted by atomic mass is 9.83. The quantitative estimate of drug-likeness (QED) is 0.281. The van der Waals surface area contributed by atoms with Gasteiger partial charge in [0, 0.05) is 0 Å². The molecule has 168 valence electrons. The minimum atomic E-state index is -1.71. The fourth-order valence-corrected chi connectivity index (χ4v) is 3.90. The van der Waals surface area contributed by atoms with Crippen LogP contribution in [-0.4, -0.2) is 24.5 Å². The Bertz CT molecular complexity index is 705. The molecule has 0 aliphatic heterocycles. The lowest BCUT2D eigenvalue weighted by Crippen LogP contribution is -2.47. The van der Waals surface area contributed by atoms with Crippen molar-refractivity contribution in [3.05, 3.63) is 35.1 Å². The SMILES string of the molecule is CCCCCCCCOC(=O)C(NC(=O)c1ccc(F)c(F)c1F)C1CCCCC1. The third kappa shape index (κ3) is 7.03. The Kier molecular flexibility index (Phi) is 10.2. The highest BCUT2D eigenvalue weighted by Crippen LogP contribution is 2.27. The van der Waals surface area contributed by atoms with Gasteiger partial charge in [-0.2, -0.15) is 0 Å². The zero-order valence-electron chi connectivity index (χ0n) is 17.7. The number of halogens is 3. The van der Waals surface area contributed by atoms with Crippen LogP contribution in [0.4, 0.5) is 13.2 Å². The Morgan fingerprint density at radius 3 is 2.37 bits per heavy atom. The zero-order chi connectivity index (χ0) is 21.9. The summed E-state index contributed by atoms with van der Waals surface area (Å²) >= 11 is 0. The number of esters is 1. The largest absolute Gasteiger partial charge is 0.464 e. The fourth-order valence-electron chi connectivity index (χ4n) is 3.90. The summed E-state index contributed by atoms with van der Waals surface area (Å²) in [5.41, 5.74) is -0.626. The van der Waals surface area contributed by atoms with Gasteiger partial charge in [-0.1, -0.05) is 58.3 Å². The first-order valence-electron chi connectivity index (χ1n) is 11.1. The molecule has 1 N–H and O–H groups in total. The van der Waals surface area contributed by atoms with Gasteiger partial charge in [-0.3, -0.25) is 4.79 Å². The summed E-state index contributed by atoms with van der Waals surface area (Å²) in [4.78, 5) is 25.2. The monoisotopic (exact) mass is 427 g/mol. The van der Waals surface area contributed by atoms with E-state index in [-0.39, 0.29) is 12.5 Å². The third-order valence-corrected chi connectivity index (χ3v) is 5.68. The molecule has 1 fully saturated rings. The minimum Gasteiger partial charge on any atom is -0.464 e. The van der Waals surface area contributed by atoms with Gasteiger partial charge in [0.15, 0.2) is 17.5 Å². The van der Waals surface area contributed by atoms with Crippen LogP contribution in [0.15, 0.2) is 12.1 Å². The highest BCUT2D eigenvalue weighted by atomic mass is 19.2.